The zero-order valence-corrected chi connectivity index (χ0v) is 19.0. The number of thiophene rings is 1. The highest BCUT2D eigenvalue weighted by Crippen LogP contribution is 2.21. The maximum absolute atomic E-state index is 12.6. The van der Waals surface area contributed by atoms with Gasteiger partial charge in [0.2, 0.25) is 21.8 Å². The van der Waals surface area contributed by atoms with Crippen molar-refractivity contribution in [3.8, 4) is 0 Å². The summed E-state index contributed by atoms with van der Waals surface area (Å²) < 4.78 is 23.0. The fourth-order valence-corrected chi connectivity index (χ4v) is 4.89. The van der Waals surface area contributed by atoms with Crippen molar-refractivity contribution in [1.82, 2.24) is 10.2 Å². The molecule has 0 bridgehead atoms. The maximum Gasteiger partial charge on any atom is 0.241 e. The number of nitrogens with two attached hydrogens (primary N) is 1. The van der Waals surface area contributed by atoms with Crippen LogP contribution in [0.4, 0.5) is 5.69 Å². The molecule has 2 amide bonds. The van der Waals surface area contributed by atoms with E-state index >= 15 is 0 Å². The molecular formula is C21H28N4O4S2. The molecule has 1 saturated heterocycles. The lowest BCUT2D eigenvalue weighted by atomic mass is 9.95. The van der Waals surface area contributed by atoms with Crippen molar-refractivity contribution in [1.29, 1.82) is 0 Å². The Morgan fingerprint density at radius 2 is 1.97 bits per heavy atom. The molecule has 0 aliphatic carbocycles. The van der Waals surface area contributed by atoms with E-state index in [1.54, 1.807) is 24.3 Å². The van der Waals surface area contributed by atoms with Crippen LogP contribution >= 0.6 is 11.3 Å². The predicted octanol–water partition coefficient (Wildman–Crippen LogP) is 1.79. The molecule has 1 aromatic carbocycles. The van der Waals surface area contributed by atoms with E-state index in [1.165, 1.54) is 23.1 Å². The number of primary sulfonamides is 1. The van der Waals surface area contributed by atoms with Crippen LogP contribution in [0.1, 0.15) is 24.6 Å². The molecule has 3 rings (SSSR count). The molecule has 1 fully saturated rings. The minimum atomic E-state index is -3.83. The van der Waals surface area contributed by atoms with E-state index in [0.717, 1.165) is 6.42 Å². The van der Waals surface area contributed by atoms with Crippen LogP contribution in [0.2, 0.25) is 0 Å². The Bertz CT molecular complexity index is 1000. The largest absolute Gasteiger partial charge is 0.355 e. The Hall–Kier alpha value is -2.27. The van der Waals surface area contributed by atoms with Crippen molar-refractivity contribution < 1.29 is 18.0 Å². The zero-order chi connectivity index (χ0) is 22.4. The van der Waals surface area contributed by atoms with Gasteiger partial charge in [0.25, 0.3) is 0 Å². The third-order valence-corrected chi connectivity index (χ3v) is 7.36. The van der Waals surface area contributed by atoms with E-state index in [2.05, 4.69) is 16.7 Å². The normalized spacial score (nSPS) is 16.6. The molecule has 4 N–H and O–H groups in total. The molecule has 1 aromatic heterocycles. The molecule has 0 saturated carbocycles. The summed E-state index contributed by atoms with van der Waals surface area (Å²) in [6.45, 7) is 3.74. The summed E-state index contributed by atoms with van der Waals surface area (Å²) in [7, 11) is -3.83. The highest BCUT2D eigenvalue weighted by molar-refractivity contribution is 7.89. The topological polar surface area (TPSA) is 122 Å². The molecule has 0 spiro atoms. The molecule has 10 heteroatoms. The first-order chi connectivity index (χ1) is 14.7. The average molecular weight is 465 g/mol. The van der Waals surface area contributed by atoms with Gasteiger partial charge in [0.05, 0.1) is 10.9 Å². The number of hydrogen-bond donors (Lipinski definition) is 3. The maximum atomic E-state index is 12.6. The quantitative estimate of drug-likeness (QED) is 0.550. The molecule has 2 heterocycles. The van der Waals surface area contributed by atoms with Crippen LogP contribution in [0.5, 0.6) is 0 Å². The van der Waals surface area contributed by atoms with E-state index < -0.39 is 16.1 Å². The number of likely N-dealkylation sites (tertiary alicyclic amines) is 1. The molecule has 1 aliphatic heterocycles. The molecule has 2 aromatic rings. The summed E-state index contributed by atoms with van der Waals surface area (Å²) in [5, 5.41) is 12.9. The smallest absolute Gasteiger partial charge is 0.241 e. The van der Waals surface area contributed by atoms with Gasteiger partial charge in [-0.05, 0) is 68.9 Å². The van der Waals surface area contributed by atoms with Crippen LogP contribution < -0.4 is 15.8 Å². The number of piperidine rings is 1. The second kappa shape index (κ2) is 10.4. The first kappa shape index (κ1) is 23.4. The van der Waals surface area contributed by atoms with Gasteiger partial charge in [-0.3, -0.25) is 14.5 Å². The van der Waals surface area contributed by atoms with Crippen LogP contribution in [0.15, 0.2) is 46.7 Å². The van der Waals surface area contributed by atoms with Crippen LogP contribution in [-0.2, 0) is 26.0 Å². The molecule has 1 aliphatic rings. The fourth-order valence-electron chi connectivity index (χ4n) is 3.62. The number of anilines is 1. The first-order valence-electron chi connectivity index (χ1n) is 10.2. The third kappa shape index (κ3) is 6.60. The molecule has 31 heavy (non-hydrogen) atoms. The highest BCUT2D eigenvalue weighted by Gasteiger charge is 2.29. The molecule has 1 atom stereocenters. The summed E-state index contributed by atoms with van der Waals surface area (Å²) in [6, 6.07) is 9.53. The summed E-state index contributed by atoms with van der Waals surface area (Å²) >= 11 is 1.69. The highest BCUT2D eigenvalue weighted by atomic mass is 32.2. The minimum Gasteiger partial charge on any atom is -0.355 e. The van der Waals surface area contributed by atoms with Gasteiger partial charge in [0.15, 0.2) is 0 Å². The molecule has 168 valence electrons. The zero-order valence-electron chi connectivity index (χ0n) is 17.4. The number of sulfonamides is 1. The van der Waals surface area contributed by atoms with E-state index in [9.17, 15) is 18.0 Å². The van der Waals surface area contributed by atoms with E-state index in [0.29, 0.717) is 38.2 Å². The number of nitrogens with zero attached hydrogens (tertiary/aromatic N) is 1. The lowest BCUT2D eigenvalue weighted by Gasteiger charge is -2.34. The molecule has 1 unspecified atom stereocenters. The van der Waals surface area contributed by atoms with Gasteiger partial charge in [-0.1, -0.05) is 12.1 Å². The van der Waals surface area contributed by atoms with Crippen molar-refractivity contribution in [2.75, 3.05) is 25.0 Å². The second-order valence-corrected chi connectivity index (χ2v) is 10.3. The SMILES string of the molecule is CC(C(=O)Nc1cccc(S(N)(=O)=O)c1)N1CCC(C(=O)NCCc2cccs2)CC1. The standard InChI is InChI=1S/C21H28N4O4S2/c1-15(20(26)24-17-4-2-6-19(14-17)31(22,28)29)25-11-8-16(9-12-25)21(27)23-10-7-18-5-3-13-30-18/h2-6,13-16H,7-12H2,1H3,(H,23,27)(H,24,26)(H2,22,28,29). The van der Waals surface area contributed by atoms with Gasteiger partial charge in [0, 0.05) is 23.0 Å². The Kier molecular flexibility index (Phi) is 7.82. The lowest BCUT2D eigenvalue weighted by Crippen LogP contribution is -2.48. The Morgan fingerprint density at radius 1 is 1.23 bits per heavy atom. The second-order valence-electron chi connectivity index (χ2n) is 7.67. The van der Waals surface area contributed by atoms with Crippen molar-refractivity contribution in [2.24, 2.45) is 11.1 Å². The van der Waals surface area contributed by atoms with Gasteiger partial charge >= 0.3 is 0 Å². The van der Waals surface area contributed by atoms with Gasteiger partial charge in [0.1, 0.15) is 0 Å². The fraction of sp³-hybridized carbons (Fsp3) is 0.429. The Labute approximate surface area is 186 Å². The van der Waals surface area contributed by atoms with Crippen LogP contribution in [0.3, 0.4) is 0 Å². The average Bonchev–Trinajstić information content (AvgIpc) is 3.26. The molecular weight excluding hydrogens is 436 g/mol. The first-order valence-corrected chi connectivity index (χ1v) is 12.6. The number of nitrogens with one attached hydrogen (secondary N) is 2. The minimum absolute atomic E-state index is 0.0405. The molecule has 0 radical (unpaired) electrons. The van der Waals surface area contributed by atoms with Crippen molar-refractivity contribution in [3.05, 3.63) is 46.7 Å². The third-order valence-electron chi connectivity index (χ3n) is 5.51. The van der Waals surface area contributed by atoms with Crippen LogP contribution in [0, 0.1) is 5.92 Å². The van der Waals surface area contributed by atoms with Crippen LogP contribution in [-0.4, -0.2) is 50.8 Å². The van der Waals surface area contributed by atoms with Crippen molar-refractivity contribution in [2.45, 2.75) is 37.1 Å². The number of carbonyl (C=O) groups excluding carboxylic acids is 2. The van der Waals surface area contributed by atoms with Gasteiger partial charge in [-0.25, -0.2) is 13.6 Å². The van der Waals surface area contributed by atoms with Crippen LogP contribution in [0.25, 0.3) is 0 Å². The Balaban J connectivity index is 1.45. The van der Waals surface area contributed by atoms with Gasteiger partial charge < -0.3 is 10.6 Å². The summed E-state index contributed by atoms with van der Waals surface area (Å²) in [5.41, 5.74) is 0.378. The molecule has 8 nitrogen and oxygen atoms in total. The number of amides is 2. The number of hydrogen-bond acceptors (Lipinski definition) is 6. The van der Waals surface area contributed by atoms with E-state index in [-0.39, 0.29) is 22.6 Å². The van der Waals surface area contributed by atoms with Gasteiger partial charge in [-0.15, -0.1) is 11.3 Å². The summed E-state index contributed by atoms with van der Waals surface area (Å²) in [6.07, 6.45) is 2.23. The van der Waals surface area contributed by atoms with E-state index in [1.807, 2.05) is 16.3 Å². The summed E-state index contributed by atoms with van der Waals surface area (Å²) in [5.74, 6) is -0.195. The monoisotopic (exact) mass is 464 g/mol. The number of benzene rings is 1. The van der Waals surface area contributed by atoms with Gasteiger partial charge in [-0.2, -0.15) is 0 Å². The number of rotatable bonds is 8. The van der Waals surface area contributed by atoms with Crippen molar-refractivity contribution >= 4 is 38.9 Å². The predicted molar refractivity (Wildman–Crippen MR) is 121 cm³/mol. The van der Waals surface area contributed by atoms with E-state index in [4.69, 9.17) is 5.14 Å². The summed E-state index contributed by atoms with van der Waals surface area (Å²) in [4.78, 5) is 28.3. The van der Waals surface area contributed by atoms with Crippen molar-refractivity contribution in [3.63, 3.8) is 0 Å². The Morgan fingerprint density at radius 3 is 2.61 bits per heavy atom. The number of carbonyl (C=O) groups is 2. The lowest BCUT2D eigenvalue weighted by molar-refractivity contribution is -0.127.